The van der Waals surface area contributed by atoms with Crippen molar-refractivity contribution in [3.63, 3.8) is 0 Å². The van der Waals surface area contributed by atoms with E-state index in [0.29, 0.717) is 12.8 Å². The number of fused-ring (bicyclic) bond motifs is 1. The summed E-state index contributed by atoms with van der Waals surface area (Å²) >= 11 is 0. The molecule has 0 radical (unpaired) electrons. The lowest BCUT2D eigenvalue weighted by atomic mass is 10.1. The zero-order valence-electron chi connectivity index (χ0n) is 11.3. The first-order valence-corrected chi connectivity index (χ1v) is 6.72. The summed E-state index contributed by atoms with van der Waals surface area (Å²) in [5, 5.41) is 20.3. The number of carbonyl (C=O) groups is 1. The van der Waals surface area contributed by atoms with Crippen molar-refractivity contribution in [1.29, 1.82) is 0 Å². The number of nitrogens with zero attached hydrogens (tertiary/aromatic N) is 1. The van der Waals surface area contributed by atoms with Crippen LogP contribution >= 0.6 is 0 Å². The van der Waals surface area contributed by atoms with Crippen molar-refractivity contribution in [2.75, 3.05) is 5.32 Å². The quantitative estimate of drug-likeness (QED) is 0.688. The fourth-order valence-corrected chi connectivity index (χ4v) is 2.21. The first-order valence-electron chi connectivity index (χ1n) is 6.72. The maximum Gasteiger partial charge on any atom is 0.224 e. The molecule has 3 N–H and O–H groups in total. The van der Waals surface area contributed by atoms with Gasteiger partial charge in [0.05, 0.1) is 11.7 Å². The zero-order chi connectivity index (χ0) is 14.7. The zero-order valence-corrected chi connectivity index (χ0v) is 11.3. The number of aromatic nitrogens is 2. The molecule has 0 fully saturated rings. The highest BCUT2D eigenvalue weighted by Crippen LogP contribution is 2.19. The smallest absolute Gasteiger partial charge is 0.224 e. The predicted molar refractivity (Wildman–Crippen MR) is 81.2 cm³/mol. The predicted octanol–water partition coefficient (Wildman–Crippen LogP) is 2.84. The molecule has 0 unspecified atom stereocenters. The summed E-state index contributed by atoms with van der Waals surface area (Å²) in [5.74, 6) is 0.145. The topological polar surface area (TPSA) is 78.0 Å². The van der Waals surface area contributed by atoms with Gasteiger partial charge >= 0.3 is 0 Å². The summed E-state index contributed by atoms with van der Waals surface area (Å²) in [6.07, 6.45) is 2.54. The number of hydrogen-bond acceptors (Lipinski definition) is 3. The standard InChI is InChI=1S/C16H15N3O2/c20-15-4-2-1-3-11(15)5-8-16(21)18-13-6-7-14-12(9-13)10-17-19-14/h1-4,6-7,9-10,20H,5,8H2,(H,17,19)(H,18,21). The summed E-state index contributed by atoms with van der Waals surface area (Å²) in [5.41, 5.74) is 2.45. The molecule has 0 aliphatic rings. The van der Waals surface area contributed by atoms with E-state index in [2.05, 4.69) is 15.5 Å². The van der Waals surface area contributed by atoms with E-state index in [9.17, 15) is 9.90 Å². The number of aromatic hydroxyl groups is 1. The van der Waals surface area contributed by atoms with Crippen LogP contribution in [-0.4, -0.2) is 21.2 Å². The van der Waals surface area contributed by atoms with Crippen molar-refractivity contribution < 1.29 is 9.90 Å². The van der Waals surface area contributed by atoms with E-state index in [1.807, 2.05) is 30.3 Å². The summed E-state index contributed by atoms with van der Waals surface area (Å²) < 4.78 is 0. The molecule has 1 aromatic heterocycles. The van der Waals surface area contributed by atoms with E-state index in [1.54, 1.807) is 18.3 Å². The molecule has 21 heavy (non-hydrogen) atoms. The third-order valence-corrected chi connectivity index (χ3v) is 3.34. The molecule has 3 rings (SSSR count). The molecular weight excluding hydrogens is 266 g/mol. The Hall–Kier alpha value is -2.82. The van der Waals surface area contributed by atoms with Crippen LogP contribution in [0, 0.1) is 0 Å². The van der Waals surface area contributed by atoms with Crippen molar-refractivity contribution >= 4 is 22.5 Å². The Balaban J connectivity index is 1.62. The summed E-state index contributed by atoms with van der Waals surface area (Å²) in [7, 11) is 0. The van der Waals surface area contributed by atoms with Crippen LogP contribution in [0.4, 0.5) is 5.69 Å². The first-order chi connectivity index (χ1) is 10.2. The van der Waals surface area contributed by atoms with Gasteiger partial charge < -0.3 is 10.4 Å². The lowest BCUT2D eigenvalue weighted by Crippen LogP contribution is -2.12. The first kappa shape index (κ1) is 13.2. The van der Waals surface area contributed by atoms with E-state index in [-0.39, 0.29) is 11.7 Å². The van der Waals surface area contributed by atoms with Gasteiger partial charge in [0.2, 0.25) is 5.91 Å². The number of phenols is 1. The van der Waals surface area contributed by atoms with Gasteiger partial charge in [0.15, 0.2) is 0 Å². The van der Waals surface area contributed by atoms with E-state index >= 15 is 0 Å². The van der Waals surface area contributed by atoms with Crippen LogP contribution in [0.3, 0.4) is 0 Å². The number of benzene rings is 2. The van der Waals surface area contributed by atoms with E-state index in [0.717, 1.165) is 22.2 Å². The van der Waals surface area contributed by atoms with Crippen LogP contribution in [0.2, 0.25) is 0 Å². The minimum Gasteiger partial charge on any atom is -0.508 e. The van der Waals surface area contributed by atoms with Crippen molar-refractivity contribution in [3.8, 4) is 5.75 Å². The molecule has 2 aromatic carbocycles. The highest BCUT2D eigenvalue weighted by atomic mass is 16.3. The van der Waals surface area contributed by atoms with Gasteiger partial charge in [-0.2, -0.15) is 5.10 Å². The third kappa shape index (κ3) is 3.02. The maximum atomic E-state index is 12.0. The largest absolute Gasteiger partial charge is 0.508 e. The molecule has 106 valence electrons. The molecule has 0 atom stereocenters. The van der Waals surface area contributed by atoms with Gasteiger partial charge in [0.25, 0.3) is 0 Å². The van der Waals surface area contributed by atoms with Gasteiger partial charge in [-0.15, -0.1) is 0 Å². The Labute approximate surface area is 121 Å². The van der Waals surface area contributed by atoms with Gasteiger partial charge in [-0.1, -0.05) is 18.2 Å². The van der Waals surface area contributed by atoms with E-state index in [4.69, 9.17) is 0 Å². The summed E-state index contributed by atoms with van der Waals surface area (Å²) in [6, 6.07) is 12.6. The van der Waals surface area contributed by atoms with Crippen LogP contribution < -0.4 is 5.32 Å². The number of para-hydroxylation sites is 1. The molecule has 5 heteroatoms. The van der Waals surface area contributed by atoms with Crippen LogP contribution in [0.5, 0.6) is 5.75 Å². The molecular formula is C16H15N3O2. The summed E-state index contributed by atoms with van der Waals surface area (Å²) in [4.78, 5) is 12.0. The molecule has 0 saturated heterocycles. The molecule has 0 bridgehead atoms. The van der Waals surface area contributed by atoms with Crippen molar-refractivity contribution in [2.45, 2.75) is 12.8 Å². The van der Waals surface area contributed by atoms with Gasteiger partial charge in [-0.25, -0.2) is 0 Å². The Morgan fingerprint density at radius 3 is 2.95 bits per heavy atom. The fourth-order valence-electron chi connectivity index (χ4n) is 2.21. The Bertz CT molecular complexity index is 780. The lowest BCUT2D eigenvalue weighted by Gasteiger charge is -2.06. The molecule has 3 aromatic rings. The number of rotatable bonds is 4. The van der Waals surface area contributed by atoms with E-state index in [1.165, 1.54) is 0 Å². The number of phenolic OH excluding ortho intramolecular Hbond substituents is 1. The van der Waals surface area contributed by atoms with Crippen LogP contribution in [-0.2, 0) is 11.2 Å². The monoisotopic (exact) mass is 281 g/mol. The molecule has 0 aliphatic carbocycles. The van der Waals surface area contributed by atoms with Gasteiger partial charge in [-0.05, 0) is 36.2 Å². The SMILES string of the molecule is O=C(CCc1ccccc1O)Nc1ccc2[nH]ncc2c1. The van der Waals surface area contributed by atoms with Gasteiger partial charge in [0.1, 0.15) is 5.75 Å². The average molecular weight is 281 g/mol. The Morgan fingerprint density at radius 1 is 1.24 bits per heavy atom. The number of aromatic amines is 1. The normalized spacial score (nSPS) is 10.7. The number of carbonyl (C=O) groups excluding carboxylic acids is 1. The van der Waals surface area contributed by atoms with Crippen molar-refractivity contribution in [1.82, 2.24) is 10.2 Å². The molecule has 0 spiro atoms. The number of nitrogens with one attached hydrogen (secondary N) is 2. The summed E-state index contributed by atoms with van der Waals surface area (Å²) in [6.45, 7) is 0. The third-order valence-electron chi connectivity index (χ3n) is 3.34. The second-order valence-corrected chi connectivity index (χ2v) is 4.85. The second kappa shape index (κ2) is 5.66. The van der Waals surface area contributed by atoms with E-state index < -0.39 is 0 Å². The molecule has 1 amide bonds. The van der Waals surface area contributed by atoms with Gasteiger partial charge in [-0.3, -0.25) is 9.89 Å². The number of anilines is 1. The Morgan fingerprint density at radius 2 is 2.10 bits per heavy atom. The number of aryl methyl sites for hydroxylation is 1. The maximum absolute atomic E-state index is 12.0. The van der Waals surface area contributed by atoms with Crippen LogP contribution in [0.25, 0.3) is 10.9 Å². The lowest BCUT2D eigenvalue weighted by molar-refractivity contribution is -0.116. The average Bonchev–Trinajstić information content (AvgIpc) is 2.94. The highest BCUT2D eigenvalue weighted by Gasteiger charge is 2.06. The second-order valence-electron chi connectivity index (χ2n) is 4.85. The number of H-pyrrole nitrogens is 1. The molecule has 5 nitrogen and oxygen atoms in total. The van der Waals surface area contributed by atoms with Gasteiger partial charge in [0, 0.05) is 17.5 Å². The molecule has 1 heterocycles. The van der Waals surface area contributed by atoms with Crippen LogP contribution in [0.1, 0.15) is 12.0 Å². The van der Waals surface area contributed by atoms with Crippen molar-refractivity contribution in [2.24, 2.45) is 0 Å². The van der Waals surface area contributed by atoms with Crippen LogP contribution in [0.15, 0.2) is 48.7 Å². The number of amides is 1. The molecule has 0 aliphatic heterocycles. The van der Waals surface area contributed by atoms with Crippen molar-refractivity contribution in [3.05, 3.63) is 54.2 Å². The Kier molecular flexibility index (Phi) is 3.55. The minimum atomic E-state index is -0.0823. The molecule has 0 saturated carbocycles. The minimum absolute atomic E-state index is 0.0823. The number of hydrogen-bond donors (Lipinski definition) is 3. The fraction of sp³-hybridized carbons (Fsp3) is 0.125. The highest BCUT2D eigenvalue weighted by molar-refractivity contribution is 5.93.